The smallest absolute Gasteiger partial charge is 0.456 e. The second-order valence-electron chi connectivity index (χ2n) is 7.62. The summed E-state index contributed by atoms with van der Waals surface area (Å²) in [6.45, 7) is 5.97. The first-order valence-electron chi connectivity index (χ1n) is 10.5. The van der Waals surface area contributed by atoms with E-state index < -0.39 is 18.0 Å². The zero-order valence-corrected chi connectivity index (χ0v) is 19.1. The third-order valence-electron chi connectivity index (χ3n) is 5.31. The van der Waals surface area contributed by atoms with Crippen molar-refractivity contribution in [1.29, 1.82) is 0 Å². The van der Waals surface area contributed by atoms with E-state index in [-0.39, 0.29) is 13.2 Å². The van der Waals surface area contributed by atoms with Gasteiger partial charge in [-0.25, -0.2) is 9.59 Å². The third-order valence-corrected chi connectivity index (χ3v) is 6.47. The molecule has 2 aromatic rings. The van der Waals surface area contributed by atoms with Gasteiger partial charge in [0.1, 0.15) is 12.4 Å². The van der Waals surface area contributed by atoms with Crippen LogP contribution in [0.3, 0.4) is 0 Å². The molecular weight excluding hydrogens is 426 g/mol. The summed E-state index contributed by atoms with van der Waals surface area (Å²) in [6, 6.07) is 16.3. The summed E-state index contributed by atoms with van der Waals surface area (Å²) >= 11 is 1.68. The van der Waals surface area contributed by atoms with E-state index in [1.807, 2.05) is 37.3 Å². The number of carbonyl (C=O) groups is 2. The molecule has 2 aromatic carbocycles. The summed E-state index contributed by atoms with van der Waals surface area (Å²) in [7, 11) is 0. The molecule has 0 aromatic heterocycles. The van der Waals surface area contributed by atoms with Crippen molar-refractivity contribution in [3.05, 3.63) is 87.9 Å². The highest BCUT2D eigenvalue weighted by Crippen LogP contribution is 2.44. The Hall–Kier alpha value is -3.19. The van der Waals surface area contributed by atoms with Crippen molar-refractivity contribution in [3.8, 4) is 0 Å². The van der Waals surface area contributed by atoms with Crippen molar-refractivity contribution in [1.82, 2.24) is 5.32 Å². The number of esters is 1. The van der Waals surface area contributed by atoms with Crippen LogP contribution in [0.1, 0.15) is 36.5 Å². The van der Waals surface area contributed by atoms with E-state index in [1.54, 1.807) is 18.7 Å². The molecule has 6 nitrogen and oxygen atoms in total. The summed E-state index contributed by atoms with van der Waals surface area (Å²) in [5.41, 5.74) is 5.13. The van der Waals surface area contributed by atoms with Crippen LogP contribution >= 0.6 is 11.8 Å². The Bertz CT molecular complexity index is 1120. The number of ether oxygens (including phenoxy) is 3. The van der Waals surface area contributed by atoms with Crippen LogP contribution in [0.15, 0.2) is 76.2 Å². The minimum Gasteiger partial charge on any atom is -0.456 e. The maximum atomic E-state index is 12.7. The standard InChI is InChI=1S/C25H25NO5S/c1-4-29-25(28)31-23-16(3)26-19-13-30-24(27)22(19)21(23)18-10-5-6-11-20(18)32-14-17-9-7-8-15(2)12-17/h5-12,21,26H,4,13-14H2,1-3H3. The highest BCUT2D eigenvalue weighted by Gasteiger charge is 2.41. The number of cyclic esters (lactones) is 1. The molecule has 2 aliphatic heterocycles. The monoisotopic (exact) mass is 451 g/mol. The molecule has 0 radical (unpaired) electrons. The van der Waals surface area contributed by atoms with Crippen molar-refractivity contribution in [2.24, 2.45) is 0 Å². The van der Waals surface area contributed by atoms with Gasteiger partial charge in [0, 0.05) is 10.6 Å². The molecule has 4 rings (SSSR count). The molecule has 2 heterocycles. The van der Waals surface area contributed by atoms with Crippen LogP contribution < -0.4 is 5.32 Å². The fourth-order valence-corrected chi connectivity index (χ4v) is 4.96. The highest BCUT2D eigenvalue weighted by molar-refractivity contribution is 7.98. The lowest BCUT2D eigenvalue weighted by Crippen LogP contribution is -2.28. The van der Waals surface area contributed by atoms with Gasteiger partial charge in [-0.2, -0.15) is 0 Å². The van der Waals surface area contributed by atoms with Gasteiger partial charge in [-0.3, -0.25) is 0 Å². The molecule has 32 heavy (non-hydrogen) atoms. The number of hydrogen-bond donors (Lipinski definition) is 1. The van der Waals surface area contributed by atoms with Gasteiger partial charge in [0.15, 0.2) is 0 Å². The number of aryl methyl sites for hydroxylation is 1. The lowest BCUT2D eigenvalue weighted by Gasteiger charge is -2.28. The van der Waals surface area contributed by atoms with E-state index in [1.165, 1.54) is 11.1 Å². The second-order valence-corrected chi connectivity index (χ2v) is 8.63. The Labute approximate surface area is 191 Å². The number of allylic oxidation sites excluding steroid dienone is 2. The number of rotatable bonds is 6. The quantitative estimate of drug-likeness (QED) is 0.479. The third kappa shape index (κ3) is 4.53. The number of carbonyl (C=O) groups excluding carboxylic acids is 2. The van der Waals surface area contributed by atoms with Gasteiger partial charge in [0.25, 0.3) is 0 Å². The molecule has 0 amide bonds. The maximum Gasteiger partial charge on any atom is 0.513 e. The molecule has 1 N–H and O–H groups in total. The zero-order valence-electron chi connectivity index (χ0n) is 18.3. The summed E-state index contributed by atoms with van der Waals surface area (Å²) in [5.74, 6) is 0.154. The number of nitrogens with one attached hydrogen (secondary N) is 1. The van der Waals surface area contributed by atoms with Crippen molar-refractivity contribution < 1.29 is 23.8 Å². The average molecular weight is 452 g/mol. The van der Waals surface area contributed by atoms with Crippen molar-refractivity contribution in [2.75, 3.05) is 13.2 Å². The van der Waals surface area contributed by atoms with Crippen LogP contribution in [-0.2, 0) is 24.8 Å². The molecule has 0 fully saturated rings. The second kappa shape index (κ2) is 9.53. The first-order chi connectivity index (χ1) is 15.5. The Morgan fingerprint density at radius 2 is 2.00 bits per heavy atom. The summed E-state index contributed by atoms with van der Waals surface area (Å²) in [4.78, 5) is 25.9. The molecular formula is C25H25NO5S. The van der Waals surface area contributed by atoms with Crippen LogP contribution in [0.25, 0.3) is 0 Å². The van der Waals surface area contributed by atoms with Crippen LogP contribution in [0.5, 0.6) is 0 Å². The van der Waals surface area contributed by atoms with Gasteiger partial charge in [0.05, 0.1) is 29.5 Å². The predicted molar refractivity (Wildman–Crippen MR) is 122 cm³/mol. The molecule has 0 bridgehead atoms. The lowest BCUT2D eigenvalue weighted by atomic mass is 9.85. The molecule has 0 spiro atoms. The Morgan fingerprint density at radius 3 is 2.78 bits per heavy atom. The van der Waals surface area contributed by atoms with E-state index >= 15 is 0 Å². The van der Waals surface area contributed by atoms with Crippen LogP contribution in [0.4, 0.5) is 4.79 Å². The molecule has 0 saturated heterocycles. The maximum absolute atomic E-state index is 12.7. The Kier molecular flexibility index (Phi) is 6.55. The minimum atomic E-state index is -0.797. The van der Waals surface area contributed by atoms with Crippen LogP contribution in [-0.4, -0.2) is 25.3 Å². The topological polar surface area (TPSA) is 73.9 Å². The SMILES string of the molecule is CCOC(=O)OC1=C(C)NC2=C(C(=O)OC2)C1c1ccccc1SCc1cccc(C)c1. The lowest BCUT2D eigenvalue weighted by molar-refractivity contribution is -0.136. The molecule has 1 unspecified atom stereocenters. The van der Waals surface area contributed by atoms with E-state index in [0.29, 0.717) is 22.7 Å². The number of dihydropyridines is 1. The summed E-state index contributed by atoms with van der Waals surface area (Å²) in [6.07, 6.45) is -0.797. The van der Waals surface area contributed by atoms with Crippen LogP contribution in [0.2, 0.25) is 0 Å². The number of thioether (sulfide) groups is 1. The minimum absolute atomic E-state index is 0.174. The Morgan fingerprint density at radius 1 is 1.19 bits per heavy atom. The largest absolute Gasteiger partial charge is 0.513 e. The first-order valence-corrected chi connectivity index (χ1v) is 11.5. The van der Waals surface area contributed by atoms with Crippen LogP contribution in [0, 0.1) is 6.92 Å². The number of hydrogen-bond acceptors (Lipinski definition) is 7. The normalized spacial score (nSPS) is 17.6. The zero-order chi connectivity index (χ0) is 22.7. The van der Waals surface area contributed by atoms with Gasteiger partial charge >= 0.3 is 12.1 Å². The summed E-state index contributed by atoms with van der Waals surface area (Å²) in [5, 5.41) is 3.16. The highest BCUT2D eigenvalue weighted by atomic mass is 32.2. The van der Waals surface area contributed by atoms with Crippen molar-refractivity contribution in [3.63, 3.8) is 0 Å². The van der Waals surface area contributed by atoms with E-state index in [9.17, 15) is 9.59 Å². The van der Waals surface area contributed by atoms with Gasteiger partial charge in [0.2, 0.25) is 0 Å². The number of benzene rings is 2. The average Bonchev–Trinajstić information content (AvgIpc) is 3.13. The van der Waals surface area contributed by atoms with E-state index in [0.717, 1.165) is 16.2 Å². The molecule has 1 atom stereocenters. The Balaban J connectivity index is 1.72. The van der Waals surface area contributed by atoms with Crippen molar-refractivity contribution in [2.45, 2.75) is 37.3 Å². The molecule has 7 heteroatoms. The van der Waals surface area contributed by atoms with E-state index in [4.69, 9.17) is 14.2 Å². The van der Waals surface area contributed by atoms with Gasteiger partial charge < -0.3 is 19.5 Å². The fourth-order valence-electron chi connectivity index (χ4n) is 3.93. The van der Waals surface area contributed by atoms with Gasteiger partial charge in [-0.05, 0) is 38.0 Å². The molecule has 2 aliphatic rings. The molecule has 0 aliphatic carbocycles. The first kappa shape index (κ1) is 22.0. The van der Waals surface area contributed by atoms with E-state index in [2.05, 4.69) is 30.4 Å². The fraction of sp³-hybridized carbons (Fsp3) is 0.280. The van der Waals surface area contributed by atoms with Gasteiger partial charge in [-0.1, -0.05) is 48.0 Å². The van der Waals surface area contributed by atoms with Crippen molar-refractivity contribution >= 4 is 23.9 Å². The molecule has 166 valence electrons. The summed E-state index contributed by atoms with van der Waals surface area (Å²) < 4.78 is 15.9. The molecule has 0 saturated carbocycles. The van der Waals surface area contributed by atoms with Gasteiger partial charge in [-0.15, -0.1) is 11.8 Å². The predicted octanol–water partition coefficient (Wildman–Crippen LogP) is 5.19.